The summed E-state index contributed by atoms with van der Waals surface area (Å²) >= 11 is 0. The van der Waals surface area contributed by atoms with Crippen LogP contribution in [0.4, 0.5) is 4.79 Å². The molecule has 0 saturated carbocycles. The van der Waals surface area contributed by atoms with Gasteiger partial charge in [-0.05, 0) is 46.0 Å². The van der Waals surface area contributed by atoms with Gasteiger partial charge >= 0.3 is 6.09 Å². The second-order valence-corrected chi connectivity index (χ2v) is 9.84. The van der Waals surface area contributed by atoms with Crippen molar-refractivity contribution in [2.75, 3.05) is 26.2 Å². The molecule has 1 aromatic heterocycles. The summed E-state index contributed by atoms with van der Waals surface area (Å²) in [6.07, 6.45) is 1.46. The Morgan fingerprint density at radius 2 is 1.80 bits per heavy atom. The summed E-state index contributed by atoms with van der Waals surface area (Å²) < 4.78 is 11.1. The fourth-order valence-corrected chi connectivity index (χ4v) is 4.20. The maximum atomic E-state index is 13.0. The highest BCUT2D eigenvalue weighted by atomic mass is 16.6. The van der Waals surface area contributed by atoms with Crippen LogP contribution in [0.5, 0.6) is 0 Å². The number of hydrogen-bond acceptors (Lipinski definition) is 6. The van der Waals surface area contributed by atoms with Gasteiger partial charge in [-0.1, -0.05) is 19.0 Å². The zero-order valence-corrected chi connectivity index (χ0v) is 18.8. The van der Waals surface area contributed by atoms with Crippen LogP contribution < -0.4 is 0 Å². The predicted molar refractivity (Wildman–Crippen MR) is 111 cm³/mol. The van der Waals surface area contributed by atoms with Crippen LogP contribution in [0.25, 0.3) is 0 Å². The van der Waals surface area contributed by atoms with E-state index in [0.29, 0.717) is 38.4 Å². The van der Waals surface area contributed by atoms with Crippen LogP contribution in [0, 0.1) is 5.92 Å². The number of piperidine rings is 1. The molecule has 8 nitrogen and oxygen atoms in total. The zero-order chi connectivity index (χ0) is 22.1. The van der Waals surface area contributed by atoms with Crippen LogP contribution in [0.2, 0.25) is 0 Å². The summed E-state index contributed by atoms with van der Waals surface area (Å²) in [5, 5.41) is 14.0. The lowest BCUT2D eigenvalue weighted by atomic mass is 9.89. The van der Waals surface area contributed by atoms with Gasteiger partial charge in [0.1, 0.15) is 17.3 Å². The molecule has 3 rings (SSSR count). The van der Waals surface area contributed by atoms with Crippen molar-refractivity contribution in [3.63, 3.8) is 0 Å². The number of β-amino-alcohol motifs (C(OH)–C–C–N with tert-alkyl or cyclic N) is 1. The molecule has 0 aromatic carbocycles. The van der Waals surface area contributed by atoms with E-state index in [0.717, 1.165) is 18.5 Å². The van der Waals surface area contributed by atoms with Crippen LogP contribution in [-0.4, -0.2) is 69.9 Å². The highest BCUT2D eigenvalue weighted by Crippen LogP contribution is 2.33. The Morgan fingerprint density at radius 3 is 2.33 bits per heavy atom. The molecule has 2 atom stereocenters. The first kappa shape index (κ1) is 22.6. The summed E-state index contributed by atoms with van der Waals surface area (Å²) in [4.78, 5) is 28.7. The van der Waals surface area contributed by atoms with Crippen LogP contribution in [0.15, 0.2) is 10.6 Å². The summed E-state index contributed by atoms with van der Waals surface area (Å²) in [6.45, 7) is 11.8. The molecule has 2 aliphatic heterocycles. The van der Waals surface area contributed by atoms with Crippen molar-refractivity contribution in [2.45, 2.75) is 77.4 Å². The minimum absolute atomic E-state index is 0.0102. The SMILES string of the molecule is CC(C)C(C(=O)N1CC[C@@H](O)C1)c1cc(C2CCN(C(=O)OC(C)(C)C)CC2)no1. The van der Waals surface area contributed by atoms with Gasteiger partial charge in [0.2, 0.25) is 5.91 Å². The standard InChI is InChI=1S/C22H35N3O5/c1-14(2)19(20(27)25-11-8-16(26)13-25)18-12-17(23-30-18)15-6-9-24(10-7-15)21(28)29-22(3,4)5/h12,14-16,19,26H,6-11,13H2,1-5H3/t16-,19?/m1/s1. The van der Waals surface area contributed by atoms with Gasteiger partial charge in [-0.15, -0.1) is 0 Å². The van der Waals surface area contributed by atoms with Gasteiger partial charge in [0.05, 0.1) is 11.8 Å². The maximum Gasteiger partial charge on any atom is 0.410 e. The number of aromatic nitrogens is 1. The van der Waals surface area contributed by atoms with Crippen molar-refractivity contribution in [2.24, 2.45) is 5.92 Å². The fraction of sp³-hybridized carbons (Fsp3) is 0.773. The number of likely N-dealkylation sites (tertiary alicyclic amines) is 2. The van der Waals surface area contributed by atoms with Gasteiger partial charge in [0, 0.05) is 38.2 Å². The number of ether oxygens (including phenoxy) is 1. The van der Waals surface area contributed by atoms with Crippen molar-refractivity contribution >= 4 is 12.0 Å². The molecule has 2 aliphatic rings. The first-order valence-electron chi connectivity index (χ1n) is 11.0. The molecule has 2 amide bonds. The van der Waals surface area contributed by atoms with E-state index >= 15 is 0 Å². The molecule has 2 saturated heterocycles. The number of nitrogens with zero attached hydrogens (tertiary/aromatic N) is 3. The van der Waals surface area contributed by atoms with Crippen LogP contribution >= 0.6 is 0 Å². The van der Waals surface area contributed by atoms with E-state index in [2.05, 4.69) is 5.16 Å². The number of carbonyl (C=O) groups excluding carboxylic acids is 2. The van der Waals surface area contributed by atoms with Crippen molar-refractivity contribution in [1.29, 1.82) is 0 Å². The molecule has 1 unspecified atom stereocenters. The molecular formula is C22H35N3O5. The van der Waals surface area contributed by atoms with Gasteiger partial charge in [-0.2, -0.15) is 0 Å². The molecule has 1 N–H and O–H groups in total. The summed E-state index contributed by atoms with van der Waals surface area (Å²) in [5.41, 5.74) is 0.340. The van der Waals surface area contributed by atoms with E-state index in [-0.39, 0.29) is 23.8 Å². The average Bonchev–Trinajstić information content (AvgIpc) is 3.30. The van der Waals surface area contributed by atoms with Gasteiger partial charge < -0.3 is 24.2 Å². The molecular weight excluding hydrogens is 386 g/mol. The number of hydrogen-bond donors (Lipinski definition) is 1. The summed E-state index contributed by atoms with van der Waals surface area (Å²) in [6, 6.07) is 1.91. The average molecular weight is 422 g/mol. The second-order valence-electron chi connectivity index (χ2n) is 9.84. The Bertz CT molecular complexity index is 746. The molecule has 3 heterocycles. The highest BCUT2D eigenvalue weighted by Gasteiger charge is 2.36. The lowest BCUT2D eigenvalue weighted by Gasteiger charge is -2.32. The normalized spacial score (nSPS) is 21.9. The van der Waals surface area contributed by atoms with Gasteiger partial charge in [0.15, 0.2) is 0 Å². The minimum Gasteiger partial charge on any atom is -0.444 e. The monoisotopic (exact) mass is 421 g/mol. The first-order valence-corrected chi connectivity index (χ1v) is 11.0. The van der Waals surface area contributed by atoms with Crippen LogP contribution in [-0.2, 0) is 9.53 Å². The third kappa shape index (κ3) is 5.33. The Morgan fingerprint density at radius 1 is 1.17 bits per heavy atom. The third-order valence-corrected chi connectivity index (χ3v) is 5.83. The Hall–Kier alpha value is -2.09. The van der Waals surface area contributed by atoms with E-state index in [1.807, 2.05) is 40.7 Å². The second kappa shape index (κ2) is 8.96. The molecule has 0 spiro atoms. The largest absolute Gasteiger partial charge is 0.444 e. The van der Waals surface area contributed by atoms with E-state index in [9.17, 15) is 14.7 Å². The third-order valence-electron chi connectivity index (χ3n) is 5.83. The Balaban J connectivity index is 1.63. The topological polar surface area (TPSA) is 96.1 Å². The lowest BCUT2D eigenvalue weighted by Crippen LogP contribution is -2.41. The fourth-order valence-electron chi connectivity index (χ4n) is 4.20. The van der Waals surface area contributed by atoms with E-state index in [1.165, 1.54) is 0 Å². The number of aliphatic hydroxyl groups is 1. The van der Waals surface area contributed by atoms with E-state index in [1.54, 1.807) is 9.80 Å². The number of carbonyl (C=O) groups is 2. The van der Waals surface area contributed by atoms with Crippen LogP contribution in [0.1, 0.15) is 77.2 Å². The van der Waals surface area contributed by atoms with Gasteiger partial charge in [-0.3, -0.25) is 4.79 Å². The smallest absolute Gasteiger partial charge is 0.410 e. The molecule has 0 aliphatic carbocycles. The minimum atomic E-state index is -0.501. The first-order chi connectivity index (χ1) is 14.0. The molecule has 2 fully saturated rings. The number of amides is 2. The van der Waals surface area contributed by atoms with E-state index < -0.39 is 17.6 Å². The Kier molecular flexibility index (Phi) is 6.75. The predicted octanol–water partition coefficient (Wildman–Crippen LogP) is 3.12. The number of rotatable bonds is 4. The number of aliphatic hydroxyl groups excluding tert-OH is 1. The molecule has 30 heavy (non-hydrogen) atoms. The van der Waals surface area contributed by atoms with Crippen LogP contribution in [0.3, 0.4) is 0 Å². The molecule has 0 bridgehead atoms. The highest BCUT2D eigenvalue weighted by molar-refractivity contribution is 5.83. The van der Waals surface area contributed by atoms with Crippen molar-refractivity contribution in [1.82, 2.24) is 15.0 Å². The van der Waals surface area contributed by atoms with Crippen molar-refractivity contribution < 1.29 is 24.0 Å². The lowest BCUT2D eigenvalue weighted by molar-refractivity contribution is -0.133. The Labute approximate surface area is 178 Å². The quantitative estimate of drug-likeness (QED) is 0.802. The van der Waals surface area contributed by atoms with Crippen molar-refractivity contribution in [3.8, 4) is 0 Å². The molecule has 168 valence electrons. The zero-order valence-electron chi connectivity index (χ0n) is 18.8. The van der Waals surface area contributed by atoms with Gasteiger partial charge in [-0.25, -0.2) is 4.79 Å². The van der Waals surface area contributed by atoms with E-state index in [4.69, 9.17) is 9.26 Å². The van der Waals surface area contributed by atoms with Gasteiger partial charge in [0.25, 0.3) is 0 Å². The van der Waals surface area contributed by atoms with Crippen molar-refractivity contribution in [3.05, 3.63) is 17.5 Å². The molecule has 8 heteroatoms. The maximum absolute atomic E-state index is 13.0. The molecule has 1 aromatic rings. The summed E-state index contributed by atoms with van der Waals surface area (Å²) in [7, 11) is 0. The summed E-state index contributed by atoms with van der Waals surface area (Å²) in [5.74, 6) is 0.422. The molecule has 0 radical (unpaired) electrons.